The molecule has 0 spiro atoms. The predicted molar refractivity (Wildman–Crippen MR) is 126 cm³/mol. The van der Waals surface area contributed by atoms with E-state index in [2.05, 4.69) is 65.5 Å². The lowest BCUT2D eigenvalue weighted by atomic mass is 9.62. The lowest BCUT2D eigenvalue weighted by Gasteiger charge is -2.42. The zero-order valence-corrected chi connectivity index (χ0v) is 19.7. The van der Waals surface area contributed by atoms with Crippen molar-refractivity contribution in [3.63, 3.8) is 0 Å². The van der Waals surface area contributed by atoms with Crippen molar-refractivity contribution in [3.05, 3.63) is 70.8 Å². The number of benzene rings is 2. The van der Waals surface area contributed by atoms with Gasteiger partial charge in [-0.3, -0.25) is 4.79 Å². The van der Waals surface area contributed by atoms with Gasteiger partial charge in [-0.2, -0.15) is 0 Å². The van der Waals surface area contributed by atoms with E-state index in [1.165, 1.54) is 46.9 Å². The Kier molecular flexibility index (Phi) is 5.75. The number of amides is 1. The van der Waals surface area contributed by atoms with Gasteiger partial charge >= 0.3 is 0 Å². The molecule has 0 heterocycles. The van der Waals surface area contributed by atoms with Crippen molar-refractivity contribution in [2.75, 3.05) is 14.1 Å². The summed E-state index contributed by atoms with van der Waals surface area (Å²) in [7, 11) is 3.54. The molecule has 0 saturated heterocycles. The molecule has 3 rings (SSSR count). The van der Waals surface area contributed by atoms with E-state index in [1.807, 2.05) is 12.1 Å². The molecule has 0 unspecified atom stereocenters. The van der Waals surface area contributed by atoms with Crippen LogP contribution in [0, 0.1) is 6.92 Å². The third-order valence-corrected chi connectivity index (χ3v) is 7.34. The summed E-state index contributed by atoms with van der Waals surface area (Å²) in [6.45, 7) is 16.1. The molecule has 0 atom stereocenters. The highest BCUT2D eigenvalue weighted by molar-refractivity contribution is 8.13. The number of nitrogens with zero attached hydrogens (tertiary/aromatic N) is 1. The molecule has 2 aromatic carbocycles. The number of carbonyl (C=O) groups excluding carboxylic acids is 1. The molecule has 3 heteroatoms. The van der Waals surface area contributed by atoms with E-state index < -0.39 is 0 Å². The first-order valence-electron chi connectivity index (χ1n) is 10.3. The SMILES string of the molecule is C=C(c1ccc(SC(=O)N(C)C)cc1)c1cc2c(cc1C)C(C)(C)CCC2(C)C. The van der Waals surface area contributed by atoms with Crippen molar-refractivity contribution in [3.8, 4) is 0 Å². The van der Waals surface area contributed by atoms with Crippen LogP contribution in [-0.4, -0.2) is 24.2 Å². The molecule has 0 bridgehead atoms. The fraction of sp³-hybridized carbons (Fsp3) is 0.423. The first kappa shape index (κ1) is 21.7. The van der Waals surface area contributed by atoms with Crippen LogP contribution in [0.2, 0.25) is 0 Å². The van der Waals surface area contributed by atoms with E-state index in [0.717, 1.165) is 16.0 Å². The summed E-state index contributed by atoms with van der Waals surface area (Å²) in [4.78, 5) is 14.5. The maximum atomic E-state index is 11.9. The zero-order chi connectivity index (χ0) is 21.6. The largest absolute Gasteiger partial charge is 0.339 e. The van der Waals surface area contributed by atoms with Crippen molar-refractivity contribution in [2.45, 2.75) is 63.2 Å². The molecule has 0 aromatic heterocycles. The quantitative estimate of drug-likeness (QED) is 0.502. The maximum Gasteiger partial charge on any atom is 0.285 e. The van der Waals surface area contributed by atoms with E-state index in [9.17, 15) is 4.79 Å². The van der Waals surface area contributed by atoms with Gasteiger partial charge in [-0.1, -0.05) is 58.5 Å². The van der Waals surface area contributed by atoms with E-state index in [1.54, 1.807) is 19.0 Å². The zero-order valence-electron chi connectivity index (χ0n) is 18.8. The van der Waals surface area contributed by atoms with E-state index >= 15 is 0 Å². The molecule has 154 valence electrons. The molecule has 1 aliphatic rings. The monoisotopic (exact) mass is 407 g/mol. The second-order valence-corrected chi connectivity index (χ2v) is 10.8. The molecule has 0 aliphatic heterocycles. The molecule has 1 amide bonds. The number of hydrogen-bond donors (Lipinski definition) is 0. The van der Waals surface area contributed by atoms with Crippen LogP contribution in [0.4, 0.5) is 4.79 Å². The van der Waals surface area contributed by atoms with Gasteiger partial charge in [0.1, 0.15) is 0 Å². The smallest absolute Gasteiger partial charge is 0.285 e. The molecule has 1 aliphatic carbocycles. The van der Waals surface area contributed by atoms with Gasteiger partial charge in [0, 0.05) is 19.0 Å². The Morgan fingerprint density at radius 2 is 1.48 bits per heavy atom. The summed E-state index contributed by atoms with van der Waals surface area (Å²) >= 11 is 1.25. The molecular weight excluding hydrogens is 374 g/mol. The normalized spacial score (nSPS) is 16.8. The van der Waals surface area contributed by atoms with Crippen LogP contribution in [0.3, 0.4) is 0 Å². The number of fused-ring (bicyclic) bond motifs is 1. The summed E-state index contributed by atoms with van der Waals surface area (Å²) in [5.74, 6) is 0. The van der Waals surface area contributed by atoms with Crippen LogP contribution in [0.15, 0.2) is 47.9 Å². The average molecular weight is 408 g/mol. The molecule has 0 fully saturated rings. The molecule has 0 saturated carbocycles. The summed E-state index contributed by atoms with van der Waals surface area (Å²) in [6.07, 6.45) is 2.42. The highest BCUT2D eigenvalue weighted by atomic mass is 32.2. The van der Waals surface area contributed by atoms with Gasteiger partial charge in [0.05, 0.1) is 0 Å². The van der Waals surface area contributed by atoms with Crippen LogP contribution >= 0.6 is 11.8 Å². The second-order valence-electron chi connectivity index (χ2n) is 9.75. The minimum atomic E-state index is 0.0342. The minimum absolute atomic E-state index is 0.0342. The van der Waals surface area contributed by atoms with Gasteiger partial charge in [0.2, 0.25) is 0 Å². The number of aryl methyl sites for hydroxylation is 1. The van der Waals surface area contributed by atoms with Crippen LogP contribution in [0.5, 0.6) is 0 Å². The third-order valence-electron chi connectivity index (χ3n) is 6.30. The fourth-order valence-corrected chi connectivity index (χ4v) is 4.78. The van der Waals surface area contributed by atoms with E-state index in [4.69, 9.17) is 0 Å². The first-order valence-corrected chi connectivity index (χ1v) is 11.1. The molecule has 29 heavy (non-hydrogen) atoms. The summed E-state index contributed by atoms with van der Waals surface area (Å²) in [6, 6.07) is 12.9. The van der Waals surface area contributed by atoms with Crippen molar-refractivity contribution in [2.24, 2.45) is 0 Å². The fourth-order valence-electron chi connectivity index (χ4n) is 4.12. The highest BCUT2D eigenvalue weighted by Crippen LogP contribution is 2.47. The van der Waals surface area contributed by atoms with Crippen LogP contribution in [0.25, 0.3) is 5.57 Å². The summed E-state index contributed by atoms with van der Waals surface area (Å²) in [5.41, 5.74) is 7.98. The van der Waals surface area contributed by atoms with Gasteiger partial charge in [0.15, 0.2) is 0 Å². The molecule has 0 N–H and O–H groups in total. The van der Waals surface area contributed by atoms with Crippen LogP contribution in [0.1, 0.15) is 68.4 Å². The number of thioether (sulfide) groups is 1. The lowest BCUT2D eigenvalue weighted by molar-refractivity contribution is 0.241. The Labute approximate surface area is 180 Å². The third kappa shape index (κ3) is 4.30. The van der Waals surface area contributed by atoms with Gasteiger partial charge in [0.25, 0.3) is 5.24 Å². The Morgan fingerprint density at radius 1 is 0.966 bits per heavy atom. The number of hydrogen-bond acceptors (Lipinski definition) is 2. The highest BCUT2D eigenvalue weighted by Gasteiger charge is 2.37. The Morgan fingerprint density at radius 3 is 2.00 bits per heavy atom. The number of rotatable bonds is 3. The molecule has 2 aromatic rings. The molecule has 2 nitrogen and oxygen atoms in total. The van der Waals surface area contributed by atoms with Gasteiger partial charge in [-0.15, -0.1) is 0 Å². The van der Waals surface area contributed by atoms with Crippen molar-refractivity contribution < 1.29 is 4.79 Å². The Balaban J connectivity index is 1.95. The molecule has 0 radical (unpaired) electrons. The topological polar surface area (TPSA) is 20.3 Å². The Bertz CT molecular complexity index is 951. The maximum absolute atomic E-state index is 11.9. The van der Waals surface area contributed by atoms with Crippen molar-refractivity contribution in [1.29, 1.82) is 0 Å². The second kappa shape index (κ2) is 7.68. The van der Waals surface area contributed by atoms with Gasteiger partial charge in [-0.05, 0) is 87.9 Å². The standard InChI is InChI=1S/C26H33NOS/c1-17-15-22-23(26(5,6)14-13-25(22,3)4)16-21(17)18(2)19-9-11-20(12-10-19)29-24(28)27(7)8/h9-12,15-16H,2,13-14H2,1,3-8H3. The van der Waals surface area contributed by atoms with E-state index in [-0.39, 0.29) is 16.1 Å². The predicted octanol–water partition coefficient (Wildman–Crippen LogP) is 7.18. The lowest BCUT2D eigenvalue weighted by Crippen LogP contribution is -2.34. The van der Waals surface area contributed by atoms with Crippen LogP contribution in [-0.2, 0) is 10.8 Å². The van der Waals surface area contributed by atoms with E-state index in [0.29, 0.717) is 0 Å². The Hall–Kier alpha value is -2.00. The molecular formula is C26H33NOS. The van der Waals surface area contributed by atoms with Crippen molar-refractivity contribution >= 4 is 22.6 Å². The van der Waals surface area contributed by atoms with Crippen molar-refractivity contribution in [1.82, 2.24) is 4.90 Å². The van der Waals surface area contributed by atoms with Gasteiger partial charge in [-0.25, -0.2) is 0 Å². The first-order chi connectivity index (χ1) is 13.4. The van der Waals surface area contributed by atoms with Gasteiger partial charge < -0.3 is 4.90 Å². The number of carbonyl (C=O) groups is 1. The van der Waals surface area contributed by atoms with Crippen LogP contribution < -0.4 is 0 Å². The summed E-state index contributed by atoms with van der Waals surface area (Å²) < 4.78 is 0. The average Bonchev–Trinajstić information content (AvgIpc) is 2.65. The minimum Gasteiger partial charge on any atom is -0.339 e. The summed E-state index contributed by atoms with van der Waals surface area (Å²) in [5, 5.41) is 0.0342.